The highest BCUT2D eigenvalue weighted by Gasteiger charge is 2.55. The molecule has 0 amide bonds. The van der Waals surface area contributed by atoms with Gasteiger partial charge in [0.15, 0.2) is 44.0 Å². The summed E-state index contributed by atoms with van der Waals surface area (Å²) in [6, 6.07) is 0. The molecule has 7 fully saturated rings. The van der Waals surface area contributed by atoms with E-state index in [1.807, 2.05) is 13.8 Å². The molecule has 78 heavy (non-hydrogen) atoms. The molecule has 0 radical (unpaired) electrons. The summed E-state index contributed by atoms with van der Waals surface area (Å²) >= 11 is 0. The quantitative estimate of drug-likeness (QED) is 0.126. The Labute approximate surface area is 472 Å². The molecule has 7 heterocycles. The van der Waals surface area contributed by atoms with Crippen molar-refractivity contribution >= 4 is 0 Å². The highest BCUT2D eigenvalue weighted by atomic mass is 16.8. The molecule has 15 unspecified atom stereocenters. The first kappa shape index (κ1) is 65.0. The number of hydrogen-bond acceptors (Lipinski definition) is 15. The number of hydrogen-bond donors (Lipinski definition) is 2. The zero-order chi connectivity index (χ0) is 57.3. The third-order valence-corrected chi connectivity index (χ3v) is 22.1. The SMILES string of the molecule is CCC1O[C@@H](O[C@H]2C(CC)O[C@@H](O[C@H]3C(C)C(C)C(O)O[C@@H]3CO)[C@H](C)C2C)[C@H](C)C(C)[C@H]1O[C@H]1O[C@H](CC)[C@@H](O[C@H]2O[C@H](CC)[C@@H](O[C@@H]3OC(CC)[C@H](O[C@@H]4OC(CC)[C@H](C)[C@H](C)C4C)C(C)[C@H]3C)C(C)C2C)C(C)C1C. The van der Waals surface area contributed by atoms with Crippen LogP contribution in [-0.2, 0) is 61.6 Å². The largest absolute Gasteiger partial charge is 0.394 e. The summed E-state index contributed by atoms with van der Waals surface area (Å²) < 4.78 is 89.2. The fraction of sp³-hybridized carbons (Fsp3) is 1.00. The van der Waals surface area contributed by atoms with Gasteiger partial charge in [0.05, 0.1) is 79.9 Å². The maximum absolute atomic E-state index is 10.5. The zero-order valence-electron chi connectivity index (χ0n) is 52.4. The van der Waals surface area contributed by atoms with Crippen molar-refractivity contribution in [2.24, 2.45) is 88.8 Å². The van der Waals surface area contributed by atoms with Crippen LogP contribution >= 0.6 is 0 Å². The van der Waals surface area contributed by atoms with Crippen LogP contribution < -0.4 is 0 Å². The van der Waals surface area contributed by atoms with Crippen LogP contribution in [0.1, 0.15) is 184 Å². The lowest BCUT2D eigenvalue weighted by Gasteiger charge is -2.52. The van der Waals surface area contributed by atoms with Gasteiger partial charge in [0.25, 0.3) is 0 Å². The fourth-order valence-corrected chi connectivity index (χ4v) is 14.5. The van der Waals surface area contributed by atoms with Crippen molar-refractivity contribution in [1.82, 2.24) is 0 Å². The van der Waals surface area contributed by atoms with Crippen LogP contribution in [0.15, 0.2) is 0 Å². The van der Waals surface area contributed by atoms with Gasteiger partial charge in [-0.2, -0.15) is 0 Å². The Morgan fingerprint density at radius 3 is 0.679 bits per heavy atom. The smallest absolute Gasteiger partial charge is 0.161 e. The lowest BCUT2D eigenvalue weighted by molar-refractivity contribution is -0.370. The predicted molar refractivity (Wildman–Crippen MR) is 298 cm³/mol. The van der Waals surface area contributed by atoms with E-state index in [0.29, 0.717) is 17.8 Å². The molecule has 7 aliphatic heterocycles. The minimum absolute atomic E-state index is 0.0190. The van der Waals surface area contributed by atoms with E-state index in [2.05, 4.69) is 132 Å². The first-order chi connectivity index (χ1) is 37.0. The Balaban J connectivity index is 0.947. The molecule has 2 N–H and O–H groups in total. The van der Waals surface area contributed by atoms with Gasteiger partial charge in [0.2, 0.25) is 0 Å². The summed E-state index contributed by atoms with van der Waals surface area (Å²) in [6.07, 6.45) is -1.22. The second-order valence-electron chi connectivity index (χ2n) is 26.4. The van der Waals surface area contributed by atoms with Crippen LogP contribution in [0.5, 0.6) is 0 Å². The topological polar surface area (TPSA) is 160 Å². The van der Waals surface area contributed by atoms with Gasteiger partial charge in [-0.15, -0.1) is 0 Å². The molecule has 7 saturated heterocycles. The molecule has 0 aromatic heterocycles. The zero-order valence-corrected chi connectivity index (χ0v) is 52.4. The van der Waals surface area contributed by atoms with Gasteiger partial charge >= 0.3 is 0 Å². The van der Waals surface area contributed by atoms with Crippen molar-refractivity contribution in [3.05, 3.63) is 0 Å². The molecular weight excluding hydrogens is 997 g/mol. The maximum atomic E-state index is 10.5. The van der Waals surface area contributed by atoms with E-state index in [-0.39, 0.29) is 157 Å². The Morgan fingerprint density at radius 1 is 0.244 bits per heavy atom. The molecule has 456 valence electrons. The van der Waals surface area contributed by atoms with Crippen LogP contribution in [-0.4, -0.2) is 140 Å². The Morgan fingerprint density at radius 2 is 0.449 bits per heavy atom. The predicted octanol–water partition coefficient (Wildman–Crippen LogP) is 11.4. The van der Waals surface area contributed by atoms with Gasteiger partial charge in [-0.05, 0) is 85.9 Å². The monoisotopic (exact) mass is 1110 g/mol. The van der Waals surface area contributed by atoms with Crippen LogP contribution in [0.3, 0.4) is 0 Å². The molecule has 15 heteroatoms. The number of ether oxygens (including phenoxy) is 13. The lowest BCUT2D eigenvalue weighted by Crippen LogP contribution is -2.60. The van der Waals surface area contributed by atoms with Crippen molar-refractivity contribution < 1.29 is 71.8 Å². The minimum Gasteiger partial charge on any atom is -0.394 e. The fourth-order valence-electron chi connectivity index (χ4n) is 14.5. The summed E-state index contributed by atoms with van der Waals surface area (Å²) in [4.78, 5) is 0. The Bertz CT molecular complexity index is 1780. The van der Waals surface area contributed by atoms with Crippen LogP contribution in [0.25, 0.3) is 0 Å². The molecule has 7 rings (SSSR count). The van der Waals surface area contributed by atoms with Crippen LogP contribution in [0.2, 0.25) is 0 Å². The van der Waals surface area contributed by atoms with E-state index in [1.165, 1.54) is 0 Å². The summed E-state index contributed by atoms with van der Waals surface area (Å²) in [5.41, 5.74) is 0. The Hall–Kier alpha value is -0.600. The van der Waals surface area contributed by atoms with Crippen LogP contribution in [0.4, 0.5) is 0 Å². The van der Waals surface area contributed by atoms with E-state index >= 15 is 0 Å². The van der Waals surface area contributed by atoms with Gasteiger partial charge in [-0.1, -0.05) is 145 Å². The molecule has 0 aliphatic carbocycles. The maximum Gasteiger partial charge on any atom is 0.161 e. The van der Waals surface area contributed by atoms with Crippen LogP contribution in [0, 0.1) is 88.8 Å². The van der Waals surface area contributed by atoms with Gasteiger partial charge in [0, 0.05) is 41.4 Å². The summed E-state index contributed by atoms with van der Waals surface area (Å²) in [5, 5.41) is 20.7. The van der Waals surface area contributed by atoms with E-state index in [4.69, 9.17) is 61.6 Å². The van der Waals surface area contributed by atoms with E-state index in [9.17, 15) is 10.2 Å². The van der Waals surface area contributed by atoms with Gasteiger partial charge in [0.1, 0.15) is 6.10 Å². The number of rotatable bonds is 19. The van der Waals surface area contributed by atoms with Gasteiger partial charge in [-0.25, -0.2) is 0 Å². The third kappa shape index (κ3) is 13.3. The van der Waals surface area contributed by atoms with E-state index < -0.39 is 43.7 Å². The van der Waals surface area contributed by atoms with Crippen molar-refractivity contribution in [3.63, 3.8) is 0 Å². The standard InChI is InChI=1S/C63H114O15/c1-22-44-30(8)29(7)38(16)58(67-44)73-51-32(10)39(17)59(68-45(51)23-2)74-52-33(11)40(18)60(69-46(52)24-3)75-53-34(12)41(19)61(70-47(53)25-4)76-54-35(13)42(20)62(71-48(54)26-5)77-55-36(14)43(21)63(72-49(55)27-6)78-56-31(9)37(15)57(65)66-50(56)28-64/h29-65H,22-28H2,1-21H3/t29-,30+,31?,32?,33?,34?,35?,36?,37?,38?,39+,40?,41?,42+,43+,44?,45?,46+,47+,48?,49?,50+,51+,52-,53-,54+,55+,56-,57?,58-,59-,60+,61+,62-,63-/m0/s1. The third-order valence-electron chi connectivity index (χ3n) is 22.1. The van der Waals surface area contributed by atoms with Crippen molar-refractivity contribution in [2.75, 3.05) is 6.61 Å². The average Bonchev–Trinajstić information content (AvgIpc) is 3.45. The van der Waals surface area contributed by atoms with E-state index in [0.717, 1.165) is 38.5 Å². The summed E-state index contributed by atoms with van der Waals surface area (Å²) in [6.45, 7) is 46.1. The highest BCUT2D eigenvalue weighted by Crippen LogP contribution is 2.47. The second kappa shape index (κ2) is 28.1. The molecule has 15 nitrogen and oxygen atoms in total. The van der Waals surface area contributed by atoms with Crippen molar-refractivity contribution in [2.45, 2.75) is 307 Å². The first-order valence-corrected chi connectivity index (χ1v) is 31.8. The van der Waals surface area contributed by atoms with Gasteiger partial charge in [-0.3, -0.25) is 0 Å². The number of aliphatic hydroxyl groups is 2. The molecule has 0 aromatic carbocycles. The molecule has 0 aromatic rings. The summed E-state index contributed by atoms with van der Waals surface area (Å²) in [7, 11) is 0. The normalized spacial score (nSPS) is 53.5. The van der Waals surface area contributed by atoms with Crippen molar-refractivity contribution in [1.29, 1.82) is 0 Å². The molecule has 0 saturated carbocycles. The average molecular weight is 1110 g/mol. The second-order valence-corrected chi connectivity index (χ2v) is 26.4. The lowest BCUT2D eigenvalue weighted by atomic mass is 9.78. The van der Waals surface area contributed by atoms with E-state index in [1.54, 1.807) is 0 Å². The first-order valence-electron chi connectivity index (χ1n) is 31.8. The molecule has 35 atom stereocenters. The van der Waals surface area contributed by atoms with Crippen molar-refractivity contribution in [3.8, 4) is 0 Å². The minimum atomic E-state index is -0.947. The van der Waals surface area contributed by atoms with Gasteiger partial charge < -0.3 is 71.8 Å². The Kier molecular flexibility index (Phi) is 23.4. The molecular formula is C63H114O15. The molecule has 0 bridgehead atoms. The summed E-state index contributed by atoms with van der Waals surface area (Å²) in [5.74, 6) is 1.95. The number of aliphatic hydroxyl groups excluding tert-OH is 2. The highest BCUT2D eigenvalue weighted by molar-refractivity contribution is 4.96. The molecule has 7 aliphatic rings. The molecule has 0 spiro atoms.